The van der Waals surface area contributed by atoms with Crippen LogP contribution in [0.4, 0.5) is 27.6 Å². The zero-order valence-corrected chi connectivity index (χ0v) is 17.4. The number of carbonyl (C=O) groups is 1. The Labute approximate surface area is 180 Å². The topological polar surface area (TPSA) is 60.1 Å². The Bertz CT molecular complexity index is 1130. The number of furan rings is 1. The first-order valence-electron chi connectivity index (χ1n) is 9.54. The predicted octanol–water partition coefficient (Wildman–Crippen LogP) is 6.18. The van der Waals surface area contributed by atoms with Crippen molar-refractivity contribution in [2.75, 3.05) is 5.32 Å². The average Bonchev–Trinajstić information content (AvgIpc) is 3.34. The summed E-state index contributed by atoms with van der Waals surface area (Å²) >= 11 is 0. The Hall–Kier alpha value is -3.43. The SMILES string of the molecule is Cc1c(NC(=O)/C=C/c2ccco2)cnn1C(C)c1ccc(C(F)(F)F)cc1C(C)(F)F. The van der Waals surface area contributed by atoms with E-state index in [1.165, 1.54) is 29.3 Å². The van der Waals surface area contributed by atoms with Crippen molar-refractivity contribution < 1.29 is 31.2 Å². The van der Waals surface area contributed by atoms with Gasteiger partial charge in [0.2, 0.25) is 5.91 Å². The summed E-state index contributed by atoms with van der Waals surface area (Å²) in [6.45, 7) is 3.70. The lowest BCUT2D eigenvalue weighted by Crippen LogP contribution is -2.19. The van der Waals surface area contributed by atoms with Gasteiger partial charge in [0.05, 0.1) is 35.4 Å². The summed E-state index contributed by atoms with van der Waals surface area (Å²) in [5, 5.41) is 6.77. The fourth-order valence-electron chi connectivity index (χ4n) is 3.26. The lowest BCUT2D eigenvalue weighted by Gasteiger charge is -2.23. The van der Waals surface area contributed by atoms with Crippen LogP contribution in [0.25, 0.3) is 6.08 Å². The number of nitrogens with one attached hydrogen (secondary N) is 1. The highest BCUT2D eigenvalue weighted by atomic mass is 19.4. The molecule has 0 spiro atoms. The molecule has 0 aliphatic carbocycles. The molecule has 32 heavy (non-hydrogen) atoms. The minimum Gasteiger partial charge on any atom is -0.465 e. The van der Waals surface area contributed by atoms with Gasteiger partial charge in [-0.15, -0.1) is 0 Å². The van der Waals surface area contributed by atoms with Gasteiger partial charge in [0.25, 0.3) is 5.92 Å². The van der Waals surface area contributed by atoms with Crippen LogP contribution in [0.5, 0.6) is 0 Å². The molecule has 2 aromatic heterocycles. The number of hydrogen-bond acceptors (Lipinski definition) is 3. The van der Waals surface area contributed by atoms with Crippen molar-refractivity contribution >= 4 is 17.7 Å². The van der Waals surface area contributed by atoms with E-state index in [2.05, 4.69) is 10.4 Å². The number of nitrogens with zero attached hydrogens (tertiary/aromatic N) is 2. The molecule has 10 heteroatoms. The zero-order chi connectivity index (χ0) is 23.7. The van der Waals surface area contributed by atoms with E-state index >= 15 is 0 Å². The summed E-state index contributed by atoms with van der Waals surface area (Å²) in [4.78, 5) is 12.1. The molecule has 0 bridgehead atoms. The number of anilines is 1. The Kier molecular flexibility index (Phi) is 6.25. The molecule has 5 nitrogen and oxygen atoms in total. The van der Waals surface area contributed by atoms with Crippen LogP contribution in [-0.4, -0.2) is 15.7 Å². The number of aromatic nitrogens is 2. The molecule has 3 aromatic rings. The lowest BCUT2D eigenvalue weighted by molar-refractivity contribution is -0.137. The van der Waals surface area contributed by atoms with Crippen molar-refractivity contribution in [3.63, 3.8) is 0 Å². The second-order valence-electron chi connectivity index (χ2n) is 7.29. The fraction of sp³-hybridized carbons (Fsp3) is 0.273. The molecule has 2 heterocycles. The van der Waals surface area contributed by atoms with E-state index < -0.39 is 35.2 Å². The molecule has 1 atom stereocenters. The Balaban J connectivity index is 1.88. The molecule has 1 N–H and O–H groups in total. The van der Waals surface area contributed by atoms with Gasteiger partial charge in [0.15, 0.2) is 0 Å². The molecular formula is C22H20F5N3O2. The van der Waals surface area contributed by atoms with Gasteiger partial charge in [-0.2, -0.15) is 18.3 Å². The largest absolute Gasteiger partial charge is 0.465 e. The maximum absolute atomic E-state index is 14.2. The molecule has 1 unspecified atom stereocenters. The van der Waals surface area contributed by atoms with Crippen LogP contribution in [0.3, 0.4) is 0 Å². The van der Waals surface area contributed by atoms with Crippen molar-refractivity contribution in [1.29, 1.82) is 0 Å². The number of amides is 1. The first-order valence-corrected chi connectivity index (χ1v) is 9.54. The molecule has 3 rings (SSSR count). The zero-order valence-electron chi connectivity index (χ0n) is 17.4. The number of hydrogen-bond donors (Lipinski definition) is 1. The summed E-state index contributed by atoms with van der Waals surface area (Å²) in [6, 6.07) is 4.78. The number of halogens is 5. The number of benzene rings is 1. The van der Waals surface area contributed by atoms with E-state index in [1.807, 2.05) is 0 Å². The van der Waals surface area contributed by atoms with Crippen molar-refractivity contribution in [3.8, 4) is 0 Å². The van der Waals surface area contributed by atoms with Crippen LogP contribution >= 0.6 is 0 Å². The minimum atomic E-state index is -4.75. The van der Waals surface area contributed by atoms with Gasteiger partial charge in [-0.3, -0.25) is 9.48 Å². The third kappa shape index (κ3) is 5.06. The quantitative estimate of drug-likeness (QED) is 0.358. The predicted molar refractivity (Wildman–Crippen MR) is 108 cm³/mol. The number of alkyl halides is 5. The van der Waals surface area contributed by atoms with Gasteiger partial charge in [-0.1, -0.05) is 6.07 Å². The maximum atomic E-state index is 14.2. The van der Waals surface area contributed by atoms with E-state index in [9.17, 15) is 26.7 Å². The monoisotopic (exact) mass is 453 g/mol. The molecule has 0 radical (unpaired) electrons. The summed E-state index contributed by atoms with van der Waals surface area (Å²) in [5.74, 6) is -3.48. The fourth-order valence-corrected chi connectivity index (χ4v) is 3.26. The van der Waals surface area contributed by atoms with Gasteiger partial charge in [-0.05, 0) is 49.8 Å². The minimum absolute atomic E-state index is 0.00714. The molecule has 170 valence electrons. The third-order valence-electron chi connectivity index (χ3n) is 4.92. The Morgan fingerprint density at radius 2 is 1.94 bits per heavy atom. The molecule has 0 fully saturated rings. The molecule has 0 aliphatic rings. The second kappa shape index (κ2) is 8.60. The summed E-state index contributed by atoms with van der Waals surface area (Å²) in [6.07, 6.45) is 0.783. The first kappa shape index (κ1) is 23.2. The normalized spacial score (nSPS) is 13.5. The van der Waals surface area contributed by atoms with Crippen LogP contribution in [0.1, 0.15) is 48.0 Å². The van der Waals surface area contributed by atoms with E-state index in [0.717, 1.165) is 12.1 Å². The maximum Gasteiger partial charge on any atom is 0.416 e. The van der Waals surface area contributed by atoms with Crippen molar-refractivity contribution in [1.82, 2.24) is 9.78 Å². The van der Waals surface area contributed by atoms with E-state index in [1.54, 1.807) is 26.0 Å². The Morgan fingerprint density at radius 1 is 1.22 bits per heavy atom. The number of rotatable bonds is 6. The molecule has 0 saturated heterocycles. The van der Waals surface area contributed by atoms with Gasteiger partial charge < -0.3 is 9.73 Å². The summed E-state index contributed by atoms with van der Waals surface area (Å²) < 4.78 is 73.9. The van der Waals surface area contributed by atoms with Crippen LogP contribution in [-0.2, 0) is 16.9 Å². The van der Waals surface area contributed by atoms with Crippen LogP contribution in [0.2, 0.25) is 0 Å². The molecule has 0 aliphatic heterocycles. The van der Waals surface area contributed by atoms with E-state index in [-0.39, 0.29) is 5.56 Å². The number of carbonyl (C=O) groups excluding carboxylic acids is 1. The molecule has 0 saturated carbocycles. The van der Waals surface area contributed by atoms with Gasteiger partial charge >= 0.3 is 6.18 Å². The lowest BCUT2D eigenvalue weighted by atomic mass is 9.94. The molecular weight excluding hydrogens is 433 g/mol. The average molecular weight is 453 g/mol. The standard InChI is InChI=1S/C22H20F5N3O2/c1-13(17-8-6-15(22(25,26)27)11-18(17)21(3,23)24)30-14(2)19(12-28-30)29-20(31)9-7-16-5-4-10-32-16/h4-13H,1-3H3,(H,29,31)/b9-7+. The van der Waals surface area contributed by atoms with Crippen molar-refractivity contribution in [2.24, 2.45) is 0 Å². The molecule has 1 aromatic carbocycles. The van der Waals surface area contributed by atoms with Crippen molar-refractivity contribution in [2.45, 2.75) is 38.9 Å². The highest BCUT2D eigenvalue weighted by Crippen LogP contribution is 2.39. The Morgan fingerprint density at radius 3 is 2.53 bits per heavy atom. The third-order valence-corrected chi connectivity index (χ3v) is 4.92. The highest BCUT2D eigenvalue weighted by molar-refractivity contribution is 6.02. The van der Waals surface area contributed by atoms with Crippen LogP contribution < -0.4 is 5.32 Å². The smallest absolute Gasteiger partial charge is 0.416 e. The summed E-state index contributed by atoms with van der Waals surface area (Å²) in [7, 11) is 0. The van der Waals surface area contributed by atoms with Crippen molar-refractivity contribution in [3.05, 3.63) is 77.0 Å². The van der Waals surface area contributed by atoms with Crippen LogP contribution in [0.15, 0.2) is 53.3 Å². The molecule has 1 amide bonds. The van der Waals surface area contributed by atoms with Gasteiger partial charge in [0.1, 0.15) is 5.76 Å². The van der Waals surface area contributed by atoms with Gasteiger partial charge in [0, 0.05) is 18.6 Å². The van der Waals surface area contributed by atoms with Gasteiger partial charge in [-0.25, -0.2) is 8.78 Å². The summed E-state index contributed by atoms with van der Waals surface area (Å²) in [5.41, 5.74) is -1.11. The first-order chi connectivity index (χ1) is 14.9. The van der Waals surface area contributed by atoms with E-state index in [4.69, 9.17) is 4.42 Å². The van der Waals surface area contributed by atoms with Crippen LogP contribution in [0, 0.1) is 6.92 Å². The van der Waals surface area contributed by atoms with E-state index in [0.29, 0.717) is 30.1 Å². The highest BCUT2D eigenvalue weighted by Gasteiger charge is 2.36. The second-order valence-corrected chi connectivity index (χ2v) is 7.29.